The first kappa shape index (κ1) is 28.9. The van der Waals surface area contributed by atoms with Gasteiger partial charge >= 0.3 is 0 Å². The number of nitrogens with two attached hydrogens (primary N) is 1. The fourth-order valence-corrected chi connectivity index (χ4v) is 5.02. The monoisotopic (exact) mass is 516 g/mol. The highest BCUT2D eigenvalue weighted by Gasteiger charge is 2.32. The highest BCUT2D eigenvalue weighted by atomic mass is 16.5. The molecule has 0 heterocycles. The molecule has 2 amide bonds. The van der Waals surface area contributed by atoms with Crippen molar-refractivity contribution in [2.45, 2.75) is 65.0 Å². The number of hydrogen-bond donors (Lipinski definition) is 3. The molecule has 0 saturated heterocycles. The van der Waals surface area contributed by atoms with Crippen molar-refractivity contribution in [3.8, 4) is 5.75 Å². The molecule has 4 N–H and O–H groups in total. The second-order valence-electron chi connectivity index (χ2n) is 10.4. The van der Waals surface area contributed by atoms with Crippen molar-refractivity contribution in [2.75, 3.05) is 6.61 Å². The normalized spacial score (nSPS) is 13.5. The van der Waals surface area contributed by atoms with E-state index in [-0.39, 0.29) is 18.4 Å². The lowest BCUT2D eigenvalue weighted by molar-refractivity contribution is -0.125. The van der Waals surface area contributed by atoms with Crippen LogP contribution in [-0.2, 0) is 11.2 Å². The van der Waals surface area contributed by atoms with Crippen molar-refractivity contribution in [3.63, 3.8) is 0 Å². The number of aryl methyl sites for hydroxylation is 3. The van der Waals surface area contributed by atoms with E-state index in [1.807, 2.05) is 74.5 Å². The number of benzene rings is 3. The van der Waals surface area contributed by atoms with Crippen molar-refractivity contribution in [3.05, 3.63) is 101 Å². The molecule has 202 valence electrons. The Morgan fingerprint density at radius 2 is 1.55 bits per heavy atom. The zero-order valence-electron chi connectivity index (χ0n) is 22.8. The highest BCUT2D eigenvalue weighted by molar-refractivity contribution is 5.94. The van der Waals surface area contributed by atoms with Crippen LogP contribution >= 0.6 is 0 Å². The van der Waals surface area contributed by atoms with Crippen LogP contribution in [0, 0.1) is 19.8 Å². The van der Waals surface area contributed by atoms with Crippen LogP contribution in [-0.4, -0.2) is 35.7 Å². The predicted octanol–water partition coefficient (Wildman–Crippen LogP) is 5.09. The molecule has 6 nitrogen and oxygen atoms in total. The van der Waals surface area contributed by atoms with E-state index >= 15 is 0 Å². The van der Waals surface area contributed by atoms with E-state index in [1.165, 1.54) is 0 Å². The maximum absolute atomic E-state index is 13.2. The summed E-state index contributed by atoms with van der Waals surface area (Å²) in [6, 6.07) is 22.4. The number of aliphatic hydroxyl groups excluding tert-OH is 1. The van der Waals surface area contributed by atoms with Gasteiger partial charge in [0.1, 0.15) is 5.75 Å². The first-order valence-electron chi connectivity index (χ1n) is 13.3. The molecular weight excluding hydrogens is 476 g/mol. The van der Waals surface area contributed by atoms with Gasteiger partial charge in [0.2, 0.25) is 5.91 Å². The topological polar surface area (TPSA) is 102 Å². The van der Waals surface area contributed by atoms with Crippen molar-refractivity contribution >= 4 is 11.8 Å². The Hall–Kier alpha value is -3.64. The second kappa shape index (κ2) is 13.8. The molecule has 0 aliphatic carbocycles. The fourth-order valence-electron chi connectivity index (χ4n) is 5.02. The molecule has 0 saturated carbocycles. The maximum atomic E-state index is 13.2. The van der Waals surface area contributed by atoms with Gasteiger partial charge in [0, 0.05) is 11.5 Å². The average molecular weight is 517 g/mol. The molecule has 0 aliphatic rings. The van der Waals surface area contributed by atoms with Gasteiger partial charge in [0.05, 0.1) is 12.1 Å². The number of para-hydroxylation sites is 1. The molecule has 0 aromatic heterocycles. The fraction of sp³-hybridized carbons (Fsp3) is 0.375. The molecule has 3 atom stereocenters. The van der Waals surface area contributed by atoms with Crippen LogP contribution in [0.1, 0.15) is 65.2 Å². The van der Waals surface area contributed by atoms with Gasteiger partial charge in [-0.1, -0.05) is 80.6 Å². The van der Waals surface area contributed by atoms with E-state index in [9.17, 15) is 14.7 Å². The number of rotatable bonds is 13. The van der Waals surface area contributed by atoms with Gasteiger partial charge in [-0.05, 0) is 67.3 Å². The summed E-state index contributed by atoms with van der Waals surface area (Å²) in [5, 5.41) is 14.6. The van der Waals surface area contributed by atoms with E-state index in [4.69, 9.17) is 10.5 Å². The highest BCUT2D eigenvalue weighted by Crippen LogP contribution is 2.30. The van der Waals surface area contributed by atoms with Crippen LogP contribution < -0.4 is 15.8 Å². The van der Waals surface area contributed by atoms with Crippen LogP contribution in [0.2, 0.25) is 0 Å². The van der Waals surface area contributed by atoms with E-state index in [0.29, 0.717) is 30.1 Å². The molecule has 0 spiro atoms. The number of amides is 2. The van der Waals surface area contributed by atoms with Gasteiger partial charge < -0.3 is 20.9 Å². The molecule has 0 radical (unpaired) electrons. The standard InChI is InChI=1S/C32H40N2O4/c1-21(2)19-27(24-13-6-5-7-14-24)30(28(35)18-17-25-15-8-9-16-26(25)32(33)37)34-29(36)20-38-31-22(3)11-10-12-23(31)4/h5-16,21,27-28,30,35H,17-20H2,1-4H3,(H2,33,37)(H,34,36). The van der Waals surface area contributed by atoms with E-state index in [2.05, 4.69) is 19.2 Å². The molecule has 3 aromatic carbocycles. The van der Waals surface area contributed by atoms with Crippen molar-refractivity contribution < 1.29 is 19.4 Å². The summed E-state index contributed by atoms with van der Waals surface area (Å²) in [5.41, 5.74) is 9.76. The quantitative estimate of drug-likeness (QED) is 0.295. The van der Waals surface area contributed by atoms with Gasteiger partial charge in [0.15, 0.2) is 6.61 Å². The maximum Gasteiger partial charge on any atom is 0.258 e. The third-order valence-electron chi connectivity index (χ3n) is 6.88. The third kappa shape index (κ3) is 7.93. The molecule has 3 aromatic rings. The molecule has 3 unspecified atom stereocenters. The Kier molecular flexibility index (Phi) is 10.5. The van der Waals surface area contributed by atoms with Gasteiger partial charge in [-0.25, -0.2) is 0 Å². The zero-order valence-corrected chi connectivity index (χ0v) is 22.8. The Balaban J connectivity index is 1.83. The molecule has 6 heteroatoms. The number of ether oxygens (including phenoxy) is 1. The molecule has 3 rings (SSSR count). The Morgan fingerprint density at radius 1 is 0.921 bits per heavy atom. The first-order chi connectivity index (χ1) is 18.2. The summed E-state index contributed by atoms with van der Waals surface area (Å²) in [6.45, 7) is 8.01. The minimum absolute atomic E-state index is 0.110. The van der Waals surface area contributed by atoms with E-state index in [0.717, 1.165) is 28.7 Å². The number of carbonyl (C=O) groups is 2. The van der Waals surface area contributed by atoms with Crippen LogP contribution in [0.5, 0.6) is 5.75 Å². The first-order valence-corrected chi connectivity index (χ1v) is 13.3. The van der Waals surface area contributed by atoms with Gasteiger partial charge in [0.25, 0.3) is 5.91 Å². The number of aliphatic hydroxyl groups is 1. The molecule has 0 bridgehead atoms. The number of carbonyl (C=O) groups excluding carboxylic acids is 2. The lowest BCUT2D eigenvalue weighted by Gasteiger charge is -2.33. The summed E-state index contributed by atoms with van der Waals surface area (Å²) in [7, 11) is 0. The van der Waals surface area contributed by atoms with Crippen LogP contribution in [0.3, 0.4) is 0 Å². The lowest BCUT2D eigenvalue weighted by Crippen LogP contribution is -2.49. The smallest absolute Gasteiger partial charge is 0.258 e. The summed E-state index contributed by atoms with van der Waals surface area (Å²) < 4.78 is 5.90. The van der Waals surface area contributed by atoms with E-state index < -0.39 is 18.1 Å². The SMILES string of the molecule is Cc1cccc(C)c1OCC(=O)NC(C(O)CCc1ccccc1C(N)=O)C(CC(C)C)c1ccccc1. The zero-order chi connectivity index (χ0) is 27.7. The van der Waals surface area contributed by atoms with Gasteiger partial charge in [-0.2, -0.15) is 0 Å². The number of nitrogens with one attached hydrogen (secondary N) is 1. The minimum atomic E-state index is -0.857. The van der Waals surface area contributed by atoms with Crippen LogP contribution in [0.15, 0.2) is 72.8 Å². The Bertz CT molecular complexity index is 1190. The van der Waals surface area contributed by atoms with Crippen molar-refractivity contribution in [2.24, 2.45) is 11.7 Å². The summed E-state index contributed by atoms with van der Waals surface area (Å²) in [6.07, 6.45) is 0.731. The summed E-state index contributed by atoms with van der Waals surface area (Å²) in [5.74, 6) is 0.143. The third-order valence-corrected chi connectivity index (χ3v) is 6.88. The van der Waals surface area contributed by atoms with Gasteiger partial charge in [-0.3, -0.25) is 9.59 Å². The molecule has 38 heavy (non-hydrogen) atoms. The van der Waals surface area contributed by atoms with Crippen LogP contribution in [0.4, 0.5) is 0 Å². The molecule has 0 fully saturated rings. The second-order valence-corrected chi connectivity index (χ2v) is 10.4. The van der Waals surface area contributed by atoms with Crippen LogP contribution in [0.25, 0.3) is 0 Å². The Morgan fingerprint density at radius 3 is 2.18 bits per heavy atom. The minimum Gasteiger partial charge on any atom is -0.483 e. The number of hydrogen-bond acceptors (Lipinski definition) is 4. The van der Waals surface area contributed by atoms with E-state index in [1.54, 1.807) is 12.1 Å². The van der Waals surface area contributed by atoms with Gasteiger partial charge in [-0.15, -0.1) is 0 Å². The lowest BCUT2D eigenvalue weighted by atomic mass is 9.81. The van der Waals surface area contributed by atoms with Crippen molar-refractivity contribution in [1.29, 1.82) is 0 Å². The van der Waals surface area contributed by atoms with Crippen molar-refractivity contribution in [1.82, 2.24) is 5.32 Å². The number of primary amides is 1. The Labute approximate surface area is 226 Å². The largest absolute Gasteiger partial charge is 0.483 e. The molecule has 0 aliphatic heterocycles. The summed E-state index contributed by atoms with van der Waals surface area (Å²) >= 11 is 0. The predicted molar refractivity (Wildman–Crippen MR) is 151 cm³/mol. The summed E-state index contributed by atoms with van der Waals surface area (Å²) in [4.78, 5) is 25.1. The molecular formula is C32H40N2O4. The average Bonchev–Trinajstić information content (AvgIpc) is 2.89.